The maximum Gasteiger partial charge on any atom is 0.339 e. The predicted molar refractivity (Wildman–Crippen MR) is 137 cm³/mol. The first-order valence-electron chi connectivity index (χ1n) is 12.2. The van der Waals surface area contributed by atoms with Crippen LogP contribution in [0.1, 0.15) is 59.7 Å². The van der Waals surface area contributed by atoms with Crippen LogP contribution >= 0.6 is 0 Å². The van der Waals surface area contributed by atoms with E-state index in [4.69, 9.17) is 10.5 Å². The second kappa shape index (κ2) is 11.8. The number of nitrogens with one attached hydrogen (secondary N) is 1. The Labute approximate surface area is 206 Å². The third kappa shape index (κ3) is 6.81. The number of aromatic nitrogens is 1. The van der Waals surface area contributed by atoms with Crippen LogP contribution in [0, 0.1) is 0 Å². The van der Waals surface area contributed by atoms with Gasteiger partial charge in [-0.15, -0.1) is 0 Å². The molecule has 1 heterocycles. The number of carbonyl (C=O) groups is 1. The molecule has 35 heavy (non-hydrogen) atoms. The van der Waals surface area contributed by atoms with Gasteiger partial charge in [-0.05, 0) is 73.5 Å². The molecule has 0 spiro atoms. The lowest BCUT2D eigenvalue weighted by Gasteiger charge is -2.24. The van der Waals surface area contributed by atoms with Crippen molar-refractivity contribution in [3.63, 3.8) is 0 Å². The van der Waals surface area contributed by atoms with E-state index in [1.54, 1.807) is 24.4 Å². The van der Waals surface area contributed by atoms with E-state index in [0.717, 1.165) is 55.3 Å². The number of aromatic carboxylic acids is 1. The summed E-state index contributed by atoms with van der Waals surface area (Å²) in [7, 11) is 0. The van der Waals surface area contributed by atoms with Crippen molar-refractivity contribution in [1.29, 1.82) is 0 Å². The van der Waals surface area contributed by atoms with Crippen molar-refractivity contribution in [2.24, 2.45) is 0 Å². The number of nitrogens with zero attached hydrogens (tertiary/aromatic N) is 1. The average Bonchev–Trinajstić information content (AvgIpc) is 2.88. The summed E-state index contributed by atoms with van der Waals surface area (Å²) < 4.78 is 6.14. The number of aliphatic hydroxyl groups excluding tert-OH is 1. The molecule has 1 fully saturated rings. The number of pyridine rings is 1. The average molecular weight is 476 g/mol. The van der Waals surface area contributed by atoms with Crippen molar-refractivity contribution >= 4 is 11.8 Å². The maximum atomic E-state index is 11.7. The summed E-state index contributed by atoms with van der Waals surface area (Å²) in [5.41, 5.74) is 9.65. The minimum absolute atomic E-state index is 0.0850. The topological polar surface area (TPSA) is 118 Å². The first-order valence-corrected chi connectivity index (χ1v) is 12.2. The Morgan fingerprint density at radius 1 is 1.06 bits per heavy atom. The number of nitrogen functional groups attached to an aromatic ring is 1. The smallest absolute Gasteiger partial charge is 0.339 e. The SMILES string of the molecule is Nc1ccc([C@@H](O)CNCCc2ccc(-c3ccc(C(=O)O)c(OC4CCCCC4)c3)cc2)cn1. The van der Waals surface area contributed by atoms with Crippen molar-refractivity contribution in [3.05, 3.63) is 77.5 Å². The van der Waals surface area contributed by atoms with Gasteiger partial charge in [-0.1, -0.05) is 42.8 Å². The molecule has 1 aromatic heterocycles. The molecule has 1 saturated carbocycles. The molecule has 4 rings (SSSR count). The first-order chi connectivity index (χ1) is 17.0. The molecule has 0 saturated heterocycles. The summed E-state index contributed by atoms with van der Waals surface area (Å²) in [5.74, 6) is -0.0869. The monoisotopic (exact) mass is 475 g/mol. The fourth-order valence-electron chi connectivity index (χ4n) is 4.41. The summed E-state index contributed by atoms with van der Waals surface area (Å²) >= 11 is 0. The van der Waals surface area contributed by atoms with Crippen LogP contribution in [0.5, 0.6) is 5.75 Å². The molecule has 184 valence electrons. The third-order valence-corrected chi connectivity index (χ3v) is 6.47. The number of anilines is 1. The van der Waals surface area contributed by atoms with Gasteiger partial charge >= 0.3 is 5.97 Å². The number of hydrogen-bond acceptors (Lipinski definition) is 6. The minimum atomic E-state index is -0.969. The summed E-state index contributed by atoms with van der Waals surface area (Å²) in [4.78, 5) is 15.7. The van der Waals surface area contributed by atoms with Crippen LogP contribution in [0.15, 0.2) is 60.8 Å². The fraction of sp³-hybridized carbons (Fsp3) is 0.357. The highest BCUT2D eigenvalue weighted by Gasteiger charge is 2.19. The molecule has 7 heteroatoms. The quantitative estimate of drug-likeness (QED) is 0.316. The van der Waals surface area contributed by atoms with Crippen molar-refractivity contribution in [3.8, 4) is 16.9 Å². The summed E-state index contributed by atoms with van der Waals surface area (Å²) in [5, 5.41) is 23.1. The Hall–Kier alpha value is -3.42. The number of carboxylic acid groups (broad SMARTS) is 1. The molecule has 1 aliphatic rings. The Morgan fingerprint density at radius 2 is 1.80 bits per heavy atom. The largest absolute Gasteiger partial charge is 0.490 e. The standard InChI is InChI=1S/C28H33N3O4/c29-27-13-11-22(17-31-27)25(32)18-30-15-14-19-6-8-20(9-7-19)21-10-12-24(28(33)34)26(16-21)35-23-4-2-1-3-5-23/h6-13,16-17,23,25,30,32H,1-5,14-15,18H2,(H2,29,31)(H,33,34)/t25-/m0/s1. The van der Waals surface area contributed by atoms with E-state index >= 15 is 0 Å². The zero-order valence-electron chi connectivity index (χ0n) is 19.8. The van der Waals surface area contributed by atoms with Crippen LogP contribution in [0.4, 0.5) is 5.82 Å². The third-order valence-electron chi connectivity index (χ3n) is 6.47. The van der Waals surface area contributed by atoms with Crippen LogP contribution in [0.2, 0.25) is 0 Å². The number of rotatable bonds is 10. The predicted octanol–water partition coefficient (Wildman–Crippen LogP) is 4.61. The van der Waals surface area contributed by atoms with E-state index in [0.29, 0.717) is 18.1 Å². The molecule has 5 N–H and O–H groups in total. The zero-order chi connectivity index (χ0) is 24.6. The van der Waals surface area contributed by atoms with Crippen LogP contribution in [0.25, 0.3) is 11.1 Å². The second-order valence-electron chi connectivity index (χ2n) is 9.08. The lowest BCUT2D eigenvalue weighted by atomic mass is 9.97. The van der Waals surface area contributed by atoms with E-state index in [9.17, 15) is 15.0 Å². The van der Waals surface area contributed by atoms with E-state index in [1.807, 2.05) is 24.3 Å². The number of carboxylic acids is 1. The molecule has 0 aliphatic heterocycles. The van der Waals surface area contributed by atoms with Crippen molar-refractivity contribution < 1.29 is 19.7 Å². The summed E-state index contributed by atoms with van der Waals surface area (Å²) in [6.45, 7) is 1.16. The van der Waals surface area contributed by atoms with E-state index in [2.05, 4.69) is 22.4 Å². The van der Waals surface area contributed by atoms with Crippen molar-refractivity contribution in [2.45, 2.75) is 50.7 Å². The van der Waals surface area contributed by atoms with Gasteiger partial charge in [-0.25, -0.2) is 9.78 Å². The summed E-state index contributed by atoms with van der Waals surface area (Å²) in [6, 6.07) is 17.0. The van der Waals surface area contributed by atoms with Crippen LogP contribution < -0.4 is 15.8 Å². The number of aliphatic hydroxyl groups is 1. The van der Waals surface area contributed by atoms with Gasteiger partial charge in [0.05, 0.1) is 12.2 Å². The van der Waals surface area contributed by atoms with E-state index in [1.165, 1.54) is 12.0 Å². The Morgan fingerprint density at radius 3 is 2.49 bits per heavy atom. The fourth-order valence-corrected chi connectivity index (χ4v) is 4.41. The van der Waals surface area contributed by atoms with Crippen LogP contribution in [-0.2, 0) is 6.42 Å². The molecule has 1 aliphatic carbocycles. The van der Waals surface area contributed by atoms with Gasteiger partial charge in [0.15, 0.2) is 0 Å². The first kappa shape index (κ1) is 24.7. The molecule has 3 aromatic rings. The molecular weight excluding hydrogens is 442 g/mol. The minimum Gasteiger partial charge on any atom is -0.490 e. The van der Waals surface area contributed by atoms with Gasteiger partial charge in [0.1, 0.15) is 17.1 Å². The van der Waals surface area contributed by atoms with Gasteiger partial charge < -0.3 is 26.0 Å². The lowest BCUT2D eigenvalue weighted by Crippen LogP contribution is -2.23. The van der Waals surface area contributed by atoms with Gasteiger partial charge in [-0.2, -0.15) is 0 Å². The van der Waals surface area contributed by atoms with Gasteiger partial charge in [0.2, 0.25) is 0 Å². The second-order valence-corrected chi connectivity index (χ2v) is 9.08. The summed E-state index contributed by atoms with van der Waals surface area (Å²) in [6.07, 6.45) is 7.27. The van der Waals surface area contributed by atoms with Crippen LogP contribution in [-0.4, -0.2) is 40.4 Å². The normalized spacial score (nSPS) is 15.0. The highest BCUT2D eigenvalue weighted by atomic mass is 16.5. The highest BCUT2D eigenvalue weighted by Crippen LogP contribution is 2.31. The van der Waals surface area contributed by atoms with E-state index < -0.39 is 12.1 Å². The van der Waals surface area contributed by atoms with Crippen molar-refractivity contribution in [1.82, 2.24) is 10.3 Å². The Bertz CT molecular complexity index is 1110. The number of nitrogens with two attached hydrogens (primary N) is 1. The van der Waals surface area contributed by atoms with Gasteiger partial charge in [0.25, 0.3) is 0 Å². The van der Waals surface area contributed by atoms with E-state index in [-0.39, 0.29) is 11.7 Å². The highest BCUT2D eigenvalue weighted by molar-refractivity contribution is 5.92. The zero-order valence-corrected chi connectivity index (χ0v) is 19.8. The van der Waals surface area contributed by atoms with Crippen LogP contribution in [0.3, 0.4) is 0 Å². The lowest BCUT2D eigenvalue weighted by molar-refractivity contribution is 0.0686. The molecule has 1 atom stereocenters. The number of hydrogen-bond donors (Lipinski definition) is 4. The number of ether oxygens (including phenoxy) is 1. The Balaban J connectivity index is 1.34. The molecule has 0 amide bonds. The molecule has 7 nitrogen and oxygen atoms in total. The molecule has 2 aromatic carbocycles. The maximum absolute atomic E-state index is 11.7. The molecular formula is C28H33N3O4. The molecule has 0 bridgehead atoms. The van der Waals surface area contributed by atoms with Crippen molar-refractivity contribution in [2.75, 3.05) is 18.8 Å². The molecule has 0 radical (unpaired) electrons. The Kier molecular flexibility index (Phi) is 8.34. The van der Waals surface area contributed by atoms with Gasteiger partial charge in [-0.3, -0.25) is 0 Å². The molecule has 0 unspecified atom stereocenters. The van der Waals surface area contributed by atoms with Gasteiger partial charge in [0, 0.05) is 18.3 Å². The number of benzene rings is 2.